The monoisotopic (exact) mass is 373 g/mol. The van der Waals surface area contributed by atoms with Crippen molar-refractivity contribution in [1.82, 2.24) is 15.5 Å². The van der Waals surface area contributed by atoms with Crippen LogP contribution in [-0.2, 0) is 4.79 Å². The highest BCUT2D eigenvalue weighted by molar-refractivity contribution is 5.85. The third kappa shape index (κ3) is 5.35. The van der Waals surface area contributed by atoms with Gasteiger partial charge in [-0.25, -0.2) is 0 Å². The smallest absolute Gasteiger partial charge is 0.225 e. The first-order valence-corrected chi connectivity index (χ1v) is 8.46. The Balaban J connectivity index is 0.00000144. The van der Waals surface area contributed by atoms with Crippen molar-refractivity contribution in [2.75, 3.05) is 39.8 Å². The van der Waals surface area contributed by atoms with Gasteiger partial charge in [-0.1, -0.05) is 30.3 Å². The number of halogens is 2. The first-order valence-electron chi connectivity index (χ1n) is 8.46. The summed E-state index contributed by atoms with van der Waals surface area (Å²) in [4.78, 5) is 14.9. The maximum absolute atomic E-state index is 12.6. The van der Waals surface area contributed by atoms with Crippen LogP contribution in [0.25, 0.3) is 0 Å². The summed E-state index contributed by atoms with van der Waals surface area (Å²) in [5.41, 5.74) is 1.27. The first-order chi connectivity index (χ1) is 10.7. The molecule has 2 heterocycles. The molecule has 136 valence electrons. The summed E-state index contributed by atoms with van der Waals surface area (Å²) in [6.45, 7) is 4.83. The van der Waals surface area contributed by atoms with Crippen LogP contribution in [0, 0.1) is 11.8 Å². The molecule has 3 rings (SSSR count). The van der Waals surface area contributed by atoms with E-state index in [4.69, 9.17) is 0 Å². The molecule has 2 N–H and O–H groups in total. The van der Waals surface area contributed by atoms with Crippen LogP contribution in [0.1, 0.15) is 24.3 Å². The lowest BCUT2D eigenvalue weighted by Crippen LogP contribution is -2.40. The Bertz CT molecular complexity index is 492. The zero-order chi connectivity index (χ0) is 15.4. The Labute approximate surface area is 157 Å². The number of nitrogens with one attached hydrogen (secondary N) is 2. The van der Waals surface area contributed by atoms with E-state index in [0.29, 0.717) is 11.8 Å². The Morgan fingerprint density at radius 2 is 1.83 bits per heavy atom. The van der Waals surface area contributed by atoms with Gasteiger partial charge in [-0.15, -0.1) is 24.8 Å². The van der Waals surface area contributed by atoms with Gasteiger partial charge >= 0.3 is 0 Å². The average Bonchev–Trinajstić information content (AvgIpc) is 3.04. The van der Waals surface area contributed by atoms with E-state index in [1.807, 2.05) is 6.07 Å². The Morgan fingerprint density at radius 3 is 2.50 bits per heavy atom. The van der Waals surface area contributed by atoms with Crippen LogP contribution in [0.2, 0.25) is 0 Å². The van der Waals surface area contributed by atoms with Gasteiger partial charge in [0.2, 0.25) is 5.91 Å². The predicted octanol–water partition coefficient (Wildman–Crippen LogP) is 2.29. The van der Waals surface area contributed by atoms with Crippen molar-refractivity contribution in [3.8, 4) is 0 Å². The Morgan fingerprint density at radius 1 is 1.17 bits per heavy atom. The standard InChI is InChI=1S/C18H27N3O.2ClH/c1-21-9-7-14(8-10-21)11-20-18(22)17-13-19-12-16(17)15-5-3-2-4-6-15;;/h2-6,14,16-17,19H,7-13H2,1H3,(H,20,22);2*1H. The molecular formula is C18H29Cl2N3O. The minimum atomic E-state index is 0. The highest BCUT2D eigenvalue weighted by Crippen LogP contribution is 2.28. The Hall–Kier alpha value is -0.810. The van der Waals surface area contributed by atoms with Gasteiger partial charge in [0.25, 0.3) is 0 Å². The summed E-state index contributed by atoms with van der Waals surface area (Å²) in [7, 11) is 2.17. The van der Waals surface area contributed by atoms with Crippen molar-refractivity contribution in [2.24, 2.45) is 11.8 Å². The van der Waals surface area contributed by atoms with Crippen molar-refractivity contribution in [2.45, 2.75) is 18.8 Å². The molecule has 1 aromatic rings. The quantitative estimate of drug-likeness (QED) is 0.850. The molecule has 2 aliphatic heterocycles. The zero-order valence-electron chi connectivity index (χ0n) is 14.2. The molecule has 2 atom stereocenters. The number of amides is 1. The van der Waals surface area contributed by atoms with Crippen molar-refractivity contribution in [1.29, 1.82) is 0 Å². The van der Waals surface area contributed by atoms with E-state index in [2.05, 4.69) is 46.8 Å². The minimum absolute atomic E-state index is 0. The molecule has 2 fully saturated rings. The minimum Gasteiger partial charge on any atom is -0.356 e. The lowest BCUT2D eigenvalue weighted by molar-refractivity contribution is -0.125. The molecule has 0 radical (unpaired) electrons. The average molecular weight is 374 g/mol. The van der Waals surface area contributed by atoms with Gasteiger partial charge in [-0.3, -0.25) is 4.79 Å². The zero-order valence-corrected chi connectivity index (χ0v) is 15.9. The van der Waals surface area contributed by atoms with Crippen LogP contribution in [0.5, 0.6) is 0 Å². The number of benzene rings is 1. The second-order valence-electron chi connectivity index (χ2n) is 6.77. The van der Waals surface area contributed by atoms with E-state index >= 15 is 0 Å². The number of hydrogen-bond donors (Lipinski definition) is 2. The molecule has 0 bridgehead atoms. The number of carbonyl (C=O) groups excluding carboxylic acids is 1. The highest BCUT2D eigenvalue weighted by atomic mass is 35.5. The lowest BCUT2D eigenvalue weighted by atomic mass is 9.88. The molecule has 1 amide bonds. The topological polar surface area (TPSA) is 44.4 Å². The maximum atomic E-state index is 12.6. The molecule has 0 spiro atoms. The molecule has 0 aliphatic carbocycles. The number of hydrogen-bond acceptors (Lipinski definition) is 3. The van der Waals surface area contributed by atoms with Gasteiger partial charge in [0.05, 0.1) is 5.92 Å². The molecular weight excluding hydrogens is 345 g/mol. The molecule has 24 heavy (non-hydrogen) atoms. The van der Waals surface area contributed by atoms with Crippen LogP contribution >= 0.6 is 24.8 Å². The fraction of sp³-hybridized carbons (Fsp3) is 0.611. The van der Waals surface area contributed by atoms with E-state index in [-0.39, 0.29) is 36.6 Å². The molecule has 1 aromatic carbocycles. The fourth-order valence-corrected chi connectivity index (χ4v) is 3.65. The summed E-state index contributed by atoms with van der Waals surface area (Å²) in [5.74, 6) is 1.23. The van der Waals surface area contributed by atoms with Gasteiger partial charge < -0.3 is 15.5 Å². The second kappa shape index (κ2) is 10.2. The summed E-state index contributed by atoms with van der Waals surface area (Å²) in [6, 6.07) is 10.4. The molecule has 2 saturated heterocycles. The van der Waals surface area contributed by atoms with Crippen LogP contribution < -0.4 is 10.6 Å². The molecule has 4 nitrogen and oxygen atoms in total. The van der Waals surface area contributed by atoms with E-state index in [1.54, 1.807) is 0 Å². The van der Waals surface area contributed by atoms with E-state index in [0.717, 1.165) is 32.7 Å². The van der Waals surface area contributed by atoms with Crippen molar-refractivity contribution < 1.29 is 4.79 Å². The SMILES string of the molecule is CN1CCC(CNC(=O)C2CNCC2c2ccccc2)CC1.Cl.Cl. The highest BCUT2D eigenvalue weighted by Gasteiger charge is 2.34. The van der Waals surface area contributed by atoms with Gasteiger partial charge in [0.1, 0.15) is 0 Å². The van der Waals surface area contributed by atoms with Crippen LogP contribution in [0.15, 0.2) is 30.3 Å². The summed E-state index contributed by atoms with van der Waals surface area (Å²) >= 11 is 0. The van der Waals surface area contributed by atoms with Gasteiger partial charge in [0, 0.05) is 25.6 Å². The van der Waals surface area contributed by atoms with E-state index in [1.165, 1.54) is 18.4 Å². The summed E-state index contributed by atoms with van der Waals surface area (Å²) in [5, 5.41) is 6.59. The number of piperidine rings is 1. The third-order valence-electron chi connectivity index (χ3n) is 5.18. The van der Waals surface area contributed by atoms with Crippen LogP contribution in [0.3, 0.4) is 0 Å². The molecule has 2 unspecified atom stereocenters. The molecule has 6 heteroatoms. The third-order valence-corrected chi connectivity index (χ3v) is 5.18. The van der Waals surface area contributed by atoms with E-state index < -0.39 is 0 Å². The second-order valence-corrected chi connectivity index (χ2v) is 6.77. The molecule has 0 saturated carbocycles. The number of likely N-dealkylation sites (tertiary alicyclic amines) is 1. The first kappa shape index (κ1) is 21.2. The normalized spacial score (nSPS) is 24.7. The maximum Gasteiger partial charge on any atom is 0.225 e. The lowest BCUT2D eigenvalue weighted by Gasteiger charge is -2.29. The predicted molar refractivity (Wildman–Crippen MR) is 103 cm³/mol. The van der Waals surface area contributed by atoms with Gasteiger partial charge in [-0.2, -0.15) is 0 Å². The summed E-state index contributed by atoms with van der Waals surface area (Å²) < 4.78 is 0. The fourth-order valence-electron chi connectivity index (χ4n) is 3.65. The van der Waals surface area contributed by atoms with Crippen molar-refractivity contribution >= 4 is 30.7 Å². The largest absolute Gasteiger partial charge is 0.356 e. The van der Waals surface area contributed by atoms with Gasteiger partial charge in [-0.05, 0) is 44.5 Å². The van der Waals surface area contributed by atoms with Crippen molar-refractivity contribution in [3.63, 3.8) is 0 Å². The van der Waals surface area contributed by atoms with Gasteiger partial charge in [0.15, 0.2) is 0 Å². The summed E-state index contributed by atoms with van der Waals surface area (Å²) in [6.07, 6.45) is 2.39. The van der Waals surface area contributed by atoms with Crippen LogP contribution in [0.4, 0.5) is 0 Å². The number of rotatable bonds is 4. The van der Waals surface area contributed by atoms with Crippen LogP contribution in [-0.4, -0.2) is 50.6 Å². The number of nitrogens with zero attached hydrogens (tertiary/aromatic N) is 1. The Kier molecular flexibility index (Phi) is 9.06. The van der Waals surface area contributed by atoms with E-state index in [9.17, 15) is 4.79 Å². The molecule has 2 aliphatic rings. The van der Waals surface area contributed by atoms with Crippen molar-refractivity contribution in [3.05, 3.63) is 35.9 Å². The molecule has 0 aromatic heterocycles. The number of carbonyl (C=O) groups is 1.